The second kappa shape index (κ2) is 5.46. The third-order valence-electron chi connectivity index (χ3n) is 2.27. The summed E-state index contributed by atoms with van der Waals surface area (Å²) in [6, 6.07) is 4.94. The van der Waals surface area contributed by atoms with Gasteiger partial charge in [0.1, 0.15) is 0 Å². The number of ether oxygens (including phenoxy) is 1. The number of nitrogens with zero attached hydrogens (tertiary/aromatic N) is 1. The van der Waals surface area contributed by atoms with Gasteiger partial charge in [-0.15, -0.1) is 0 Å². The van der Waals surface area contributed by atoms with E-state index in [1.54, 1.807) is 13.2 Å². The lowest BCUT2D eigenvalue weighted by molar-refractivity contribution is -0.384. The molecule has 0 saturated carbocycles. The summed E-state index contributed by atoms with van der Waals surface area (Å²) in [6.45, 7) is 4.38. The molecule has 0 aromatic heterocycles. The van der Waals surface area contributed by atoms with Crippen LogP contribution in [0.2, 0.25) is 0 Å². The number of nitro groups is 1. The number of rotatable bonds is 5. The molecule has 1 N–H and O–H groups in total. The molecule has 1 aromatic carbocycles. The van der Waals surface area contributed by atoms with Gasteiger partial charge < -0.3 is 10.1 Å². The molecule has 1 aromatic rings. The fraction of sp³-hybridized carbons (Fsp3) is 0.455. The Morgan fingerprint density at radius 2 is 2.19 bits per heavy atom. The highest BCUT2D eigenvalue weighted by Gasteiger charge is 2.08. The smallest absolute Gasteiger partial charge is 0.271 e. The molecule has 0 fully saturated rings. The van der Waals surface area contributed by atoms with E-state index < -0.39 is 4.92 Å². The second-order valence-electron chi connectivity index (χ2n) is 3.74. The molecule has 5 nitrogen and oxygen atoms in total. The first-order valence-corrected chi connectivity index (χ1v) is 5.05. The van der Waals surface area contributed by atoms with Crippen LogP contribution in [0.5, 0.6) is 0 Å². The maximum atomic E-state index is 10.7. The third-order valence-corrected chi connectivity index (χ3v) is 2.27. The number of aryl methyl sites for hydroxylation is 1. The van der Waals surface area contributed by atoms with E-state index in [0.717, 1.165) is 11.3 Å². The minimum absolute atomic E-state index is 0.0690. The van der Waals surface area contributed by atoms with E-state index in [4.69, 9.17) is 4.74 Å². The van der Waals surface area contributed by atoms with Gasteiger partial charge in [-0.1, -0.05) is 0 Å². The zero-order valence-corrected chi connectivity index (χ0v) is 9.69. The number of benzene rings is 1. The van der Waals surface area contributed by atoms with Crippen molar-refractivity contribution in [1.29, 1.82) is 0 Å². The molecule has 0 heterocycles. The van der Waals surface area contributed by atoms with Gasteiger partial charge in [0.05, 0.1) is 11.0 Å². The summed E-state index contributed by atoms with van der Waals surface area (Å²) in [5.74, 6) is 0. The third kappa shape index (κ3) is 3.51. The first kappa shape index (κ1) is 12.4. The maximum Gasteiger partial charge on any atom is 0.271 e. The first-order chi connectivity index (χ1) is 7.52. The van der Waals surface area contributed by atoms with Gasteiger partial charge in [-0.05, 0) is 25.5 Å². The highest BCUT2D eigenvalue weighted by Crippen LogP contribution is 2.20. The number of anilines is 1. The Morgan fingerprint density at radius 3 is 2.75 bits per heavy atom. The molecular formula is C11H16N2O3. The Hall–Kier alpha value is -1.62. The number of nitrogens with one attached hydrogen (secondary N) is 1. The van der Waals surface area contributed by atoms with Crippen molar-refractivity contribution in [2.24, 2.45) is 0 Å². The Morgan fingerprint density at radius 1 is 1.50 bits per heavy atom. The number of hydrogen-bond donors (Lipinski definition) is 1. The van der Waals surface area contributed by atoms with Crippen molar-refractivity contribution in [3.63, 3.8) is 0 Å². The summed E-state index contributed by atoms with van der Waals surface area (Å²) < 4.78 is 5.08. The van der Waals surface area contributed by atoms with Crippen molar-refractivity contribution >= 4 is 11.4 Å². The van der Waals surface area contributed by atoms with Crippen LogP contribution in [0.15, 0.2) is 18.2 Å². The molecule has 0 radical (unpaired) electrons. The fourth-order valence-electron chi connectivity index (χ4n) is 1.32. The molecule has 16 heavy (non-hydrogen) atoms. The van der Waals surface area contributed by atoms with Crippen molar-refractivity contribution in [3.05, 3.63) is 33.9 Å². The summed E-state index contributed by atoms with van der Waals surface area (Å²) in [5.41, 5.74) is 1.71. The standard InChI is InChI=1S/C11H16N2O3/c1-8-4-10(12-7-9(2)16-3)6-11(5-8)13(14)15/h4-6,9,12H,7H2,1-3H3. The molecule has 0 aliphatic heterocycles. The SMILES string of the molecule is COC(C)CNc1cc(C)cc([N+](=O)[O-])c1. The van der Waals surface area contributed by atoms with Gasteiger partial charge in [0.25, 0.3) is 5.69 Å². The van der Waals surface area contributed by atoms with Crippen molar-refractivity contribution in [2.75, 3.05) is 19.0 Å². The maximum absolute atomic E-state index is 10.7. The lowest BCUT2D eigenvalue weighted by atomic mass is 10.2. The van der Waals surface area contributed by atoms with Crippen LogP contribution in [0.1, 0.15) is 12.5 Å². The number of nitro benzene ring substituents is 1. The fourth-order valence-corrected chi connectivity index (χ4v) is 1.32. The summed E-state index contributed by atoms with van der Waals surface area (Å²) in [5, 5.41) is 13.8. The molecular weight excluding hydrogens is 208 g/mol. The van der Waals surface area contributed by atoms with Gasteiger partial charge in [-0.3, -0.25) is 10.1 Å². The lowest BCUT2D eigenvalue weighted by Gasteiger charge is -2.12. The molecule has 5 heteroatoms. The van der Waals surface area contributed by atoms with Gasteiger partial charge >= 0.3 is 0 Å². The quantitative estimate of drug-likeness (QED) is 0.616. The zero-order valence-electron chi connectivity index (χ0n) is 9.69. The second-order valence-corrected chi connectivity index (χ2v) is 3.74. The molecule has 1 rings (SSSR count). The molecule has 88 valence electrons. The molecule has 1 atom stereocenters. The van der Waals surface area contributed by atoms with E-state index in [0.29, 0.717) is 6.54 Å². The molecule has 0 aliphatic rings. The van der Waals surface area contributed by atoms with Crippen LogP contribution < -0.4 is 5.32 Å². The molecule has 0 aliphatic carbocycles. The predicted octanol–water partition coefficient (Wildman–Crippen LogP) is 2.35. The van der Waals surface area contributed by atoms with Gasteiger partial charge in [-0.25, -0.2) is 0 Å². The van der Waals surface area contributed by atoms with E-state index in [-0.39, 0.29) is 11.8 Å². The molecule has 1 unspecified atom stereocenters. The van der Waals surface area contributed by atoms with Crippen LogP contribution >= 0.6 is 0 Å². The summed E-state index contributed by atoms with van der Waals surface area (Å²) in [4.78, 5) is 10.3. The average Bonchev–Trinajstić information content (AvgIpc) is 2.25. The molecule has 0 spiro atoms. The highest BCUT2D eigenvalue weighted by molar-refractivity contribution is 5.53. The molecule has 0 amide bonds. The minimum Gasteiger partial charge on any atom is -0.382 e. The Balaban J connectivity index is 2.76. The average molecular weight is 224 g/mol. The van der Waals surface area contributed by atoms with Crippen LogP contribution in [0.25, 0.3) is 0 Å². The van der Waals surface area contributed by atoms with Crippen molar-refractivity contribution in [1.82, 2.24) is 0 Å². The Labute approximate surface area is 94.6 Å². The van der Waals surface area contributed by atoms with E-state index in [1.165, 1.54) is 6.07 Å². The lowest BCUT2D eigenvalue weighted by Crippen LogP contribution is -2.18. The zero-order chi connectivity index (χ0) is 12.1. The van der Waals surface area contributed by atoms with Crippen molar-refractivity contribution in [3.8, 4) is 0 Å². The van der Waals surface area contributed by atoms with Crippen LogP contribution in [0, 0.1) is 17.0 Å². The van der Waals surface area contributed by atoms with Gasteiger partial charge in [-0.2, -0.15) is 0 Å². The predicted molar refractivity (Wildman–Crippen MR) is 62.8 cm³/mol. The summed E-state index contributed by atoms with van der Waals surface area (Å²) in [7, 11) is 1.63. The topological polar surface area (TPSA) is 64.4 Å². The highest BCUT2D eigenvalue weighted by atomic mass is 16.6. The largest absolute Gasteiger partial charge is 0.382 e. The first-order valence-electron chi connectivity index (χ1n) is 5.05. The number of non-ortho nitro benzene ring substituents is 1. The number of methoxy groups -OCH3 is 1. The summed E-state index contributed by atoms with van der Waals surface area (Å²) >= 11 is 0. The monoisotopic (exact) mass is 224 g/mol. The summed E-state index contributed by atoms with van der Waals surface area (Å²) in [6.07, 6.45) is 0.0690. The van der Waals surface area contributed by atoms with E-state index in [9.17, 15) is 10.1 Å². The van der Waals surface area contributed by atoms with Gasteiger partial charge in [0.15, 0.2) is 0 Å². The number of hydrogen-bond acceptors (Lipinski definition) is 4. The Kier molecular flexibility index (Phi) is 4.25. The van der Waals surface area contributed by atoms with Crippen molar-refractivity contribution in [2.45, 2.75) is 20.0 Å². The molecule has 0 bridgehead atoms. The van der Waals surface area contributed by atoms with E-state index >= 15 is 0 Å². The van der Waals surface area contributed by atoms with Gasteiger partial charge in [0.2, 0.25) is 0 Å². The van der Waals surface area contributed by atoms with E-state index in [1.807, 2.05) is 19.9 Å². The molecule has 0 saturated heterocycles. The van der Waals surface area contributed by atoms with Gasteiger partial charge in [0, 0.05) is 31.5 Å². The van der Waals surface area contributed by atoms with Crippen LogP contribution in [-0.4, -0.2) is 24.7 Å². The van der Waals surface area contributed by atoms with Crippen LogP contribution in [0.3, 0.4) is 0 Å². The minimum atomic E-state index is -0.391. The normalized spacial score (nSPS) is 12.2. The van der Waals surface area contributed by atoms with Crippen LogP contribution in [-0.2, 0) is 4.74 Å². The van der Waals surface area contributed by atoms with Crippen molar-refractivity contribution < 1.29 is 9.66 Å². The van der Waals surface area contributed by atoms with E-state index in [2.05, 4.69) is 5.32 Å². The Bertz CT molecular complexity index is 379. The van der Waals surface area contributed by atoms with Crippen LogP contribution in [0.4, 0.5) is 11.4 Å².